The van der Waals surface area contributed by atoms with Gasteiger partial charge in [0.1, 0.15) is 0 Å². The second kappa shape index (κ2) is 7.41. The number of hydrogen-bond donors (Lipinski definition) is 2. The molecular formula is C16H17N3O4S. The van der Waals surface area contributed by atoms with Gasteiger partial charge in [0.15, 0.2) is 0 Å². The van der Waals surface area contributed by atoms with Crippen molar-refractivity contribution < 1.29 is 14.5 Å². The molecular weight excluding hydrogens is 330 g/mol. The van der Waals surface area contributed by atoms with Crippen LogP contribution in [0.4, 0.5) is 11.4 Å². The number of non-ortho nitro benzene ring substituents is 1. The molecule has 2 N–H and O–H groups in total. The molecule has 0 atom stereocenters. The summed E-state index contributed by atoms with van der Waals surface area (Å²) < 4.78 is 5.38. The van der Waals surface area contributed by atoms with E-state index in [0.29, 0.717) is 31.2 Å². The Kier molecular flexibility index (Phi) is 5.07. The van der Waals surface area contributed by atoms with Crippen molar-refractivity contribution in [2.24, 2.45) is 0 Å². The fourth-order valence-corrected chi connectivity index (χ4v) is 3.50. The number of nitrogens with one attached hydrogen (secondary N) is 2. The summed E-state index contributed by atoms with van der Waals surface area (Å²) in [6.07, 6.45) is 0.870. The highest BCUT2D eigenvalue weighted by molar-refractivity contribution is 7.14. The topological polar surface area (TPSA) is 93.5 Å². The number of fused-ring (bicyclic) bond motifs is 1. The summed E-state index contributed by atoms with van der Waals surface area (Å²) in [4.78, 5) is 24.2. The molecule has 0 fully saturated rings. The average molecular weight is 347 g/mol. The molecule has 0 aliphatic carbocycles. The number of ether oxygens (including phenoxy) is 1. The van der Waals surface area contributed by atoms with Crippen LogP contribution in [-0.4, -0.2) is 30.5 Å². The first-order valence-electron chi connectivity index (χ1n) is 7.59. The van der Waals surface area contributed by atoms with Crippen LogP contribution < -0.4 is 10.6 Å². The fraction of sp³-hybridized carbons (Fsp3) is 0.312. The molecule has 24 heavy (non-hydrogen) atoms. The molecule has 1 aliphatic heterocycles. The van der Waals surface area contributed by atoms with Crippen LogP contribution in [0.1, 0.15) is 20.1 Å². The molecule has 2 aromatic rings. The van der Waals surface area contributed by atoms with Crippen molar-refractivity contribution in [1.29, 1.82) is 0 Å². The lowest BCUT2D eigenvalue weighted by Gasteiger charge is -2.10. The number of rotatable bonds is 6. The summed E-state index contributed by atoms with van der Waals surface area (Å²) in [6, 6.07) is 8.08. The van der Waals surface area contributed by atoms with Crippen LogP contribution in [0.15, 0.2) is 30.3 Å². The lowest BCUT2D eigenvalue weighted by molar-refractivity contribution is -0.384. The van der Waals surface area contributed by atoms with Gasteiger partial charge in [-0.1, -0.05) is 0 Å². The monoisotopic (exact) mass is 347 g/mol. The fourth-order valence-electron chi connectivity index (χ4n) is 2.43. The molecule has 0 spiro atoms. The van der Waals surface area contributed by atoms with E-state index < -0.39 is 4.92 Å². The van der Waals surface area contributed by atoms with Gasteiger partial charge in [0.2, 0.25) is 0 Å². The van der Waals surface area contributed by atoms with Crippen molar-refractivity contribution in [1.82, 2.24) is 5.32 Å². The standard InChI is InChI=1S/C16H17N3O4S/c20-16(15-9-11-10-23-8-5-14(11)24-15)18-7-6-17-12-1-3-13(4-2-12)19(21)22/h1-4,9,17H,5-8,10H2,(H,18,20). The third-order valence-corrected chi connectivity index (χ3v) is 4.91. The zero-order chi connectivity index (χ0) is 16.9. The Balaban J connectivity index is 1.45. The highest BCUT2D eigenvalue weighted by Crippen LogP contribution is 2.26. The van der Waals surface area contributed by atoms with Crippen LogP contribution in [0.2, 0.25) is 0 Å². The molecule has 0 saturated heterocycles. The Bertz CT molecular complexity index is 719. The zero-order valence-corrected chi connectivity index (χ0v) is 13.7. The van der Waals surface area contributed by atoms with Crippen LogP contribution in [0.25, 0.3) is 0 Å². The highest BCUT2D eigenvalue weighted by atomic mass is 32.1. The van der Waals surface area contributed by atoms with Crippen LogP contribution in [0.5, 0.6) is 0 Å². The molecule has 8 heteroatoms. The molecule has 1 amide bonds. The molecule has 3 rings (SSSR count). The van der Waals surface area contributed by atoms with Crippen molar-refractivity contribution >= 4 is 28.6 Å². The van der Waals surface area contributed by atoms with Crippen molar-refractivity contribution in [3.05, 3.63) is 55.8 Å². The zero-order valence-electron chi connectivity index (χ0n) is 12.9. The van der Waals surface area contributed by atoms with Gasteiger partial charge in [-0.3, -0.25) is 14.9 Å². The first kappa shape index (κ1) is 16.4. The van der Waals surface area contributed by atoms with Crippen LogP contribution in [0, 0.1) is 10.1 Å². The van der Waals surface area contributed by atoms with Gasteiger partial charge in [-0.25, -0.2) is 0 Å². The van der Waals surface area contributed by atoms with E-state index in [9.17, 15) is 14.9 Å². The van der Waals surface area contributed by atoms with Crippen molar-refractivity contribution in [3.8, 4) is 0 Å². The molecule has 1 aromatic heterocycles. The second-order valence-corrected chi connectivity index (χ2v) is 6.49. The van der Waals surface area contributed by atoms with E-state index in [1.807, 2.05) is 6.07 Å². The van der Waals surface area contributed by atoms with E-state index in [1.165, 1.54) is 28.3 Å². The Morgan fingerprint density at radius 1 is 1.29 bits per heavy atom. The van der Waals surface area contributed by atoms with Crippen molar-refractivity contribution in [2.75, 3.05) is 25.0 Å². The van der Waals surface area contributed by atoms with Gasteiger partial charge >= 0.3 is 0 Å². The van der Waals surface area contributed by atoms with E-state index >= 15 is 0 Å². The van der Waals surface area contributed by atoms with Gasteiger partial charge in [0, 0.05) is 42.2 Å². The Morgan fingerprint density at radius 3 is 2.79 bits per heavy atom. The van der Waals surface area contributed by atoms with Crippen LogP contribution >= 0.6 is 11.3 Å². The average Bonchev–Trinajstić information content (AvgIpc) is 3.03. The van der Waals surface area contributed by atoms with E-state index in [2.05, 4.69) is 10.6 Å². The summed E-state index contributed by atoms with van der Waals surface area (Å²) in [5.41, 5.74) is 1.94. The number of nitrogens with zero attached hydrogens (tertiary/aromatic N) is 1. The smallest absolute Gasteiger partial charge is 0.269 e. The summed E-state index contributed by atoms with van der Waals surface area (Å²) >= 11 is 1.53. The Morgan fingerprint density at radius 2 is 2.08 bits per heavy atom. The van der Waals surface area contributed by atoms with Gasteiger partial charge in [0.25, 0.3) is 11.6 Å². The minimum Gasteiger partial charge on any atom is -0.383 e. The van der Waals surface area contributed by atoms with Crippen LogP contribution in [0.3, 0.4) is 0 Å². The molecule has 0 bridgehead atoms. The number of carbonyl (C=O) groups excluding carboxylic acids is 1. The molecule has 126 valence electrons. The number of amides is 1. The molecule has 0 radical (unpaired) electrons. The van der Waals surface area contributed by atoms with Gasteiger partial charge in [-0.2, -0.15) is 0 Å². The molecule has 0 unspecified atom stereocenters. The van der Waals surface area contributed by atoms with E-state index in [1.54, 1.807) is 12.1 Å². The van der Waals surface area contributed by atoms with Gasteiger partial charge in [-0.05, 0) is 23.8 Å². The predicted octanol–water partition coefficient (Wildman–Crippen LogP) is 2.57. The summed E-state index contributed by atoms with van der Waals surface area (Å²) in [5.74, 6) is -0.0834. The first-order chi connectivity index (χ1) is 11.6. The summed E-state index contributed by atoms with van der Waals surface area (Å²) in [6.45, 7) is 2.31. The van der Waals surface area contributed by atoms with Crippen molar-refractivity contribution in [2.45, 2.75) is 13.0 Å². The van der Waals surface area contributed by atoms with Gasteiger partial charge < -0.3 is 15.4 Å². The predicted molar refractivity (Wildman–Crippen MR) is 91.6 cm³/mol. The number of anilines is 1. The largest absolute Gasteiger partial charge is 0.383 e. The minimum atomic E-state index is -0.435. The molecule has 0 saturated carbocycles. The normalized spacial score (nSPS) is 13.2. The molecule has 2 heterocycles. The first-order valence-corrected chi connectivity index (χ1v) is 8.41. The van der Waals surface area contributed by atoms with E-state index in [4.69, 9.17) is 4.74 Å². The maximum Gasteiger partial charge on any atom is 0.269 e. The van der Waals surface area contributed by atoms with Gasteiger partial charge in [0.05, 0.1) is 23.0 Å². The Labute approximate surface area is 142 Å². The maximum absolute atomic E-state index is 12.1. The number of nitro groups is 1. The second-order valence-electron chi connectivity index (χ2n) is 5.35. The van der Waals surface area contributed by atoms with E-state index in [0.717, 1.165) is 17.7 Å². The molecule has 7 nitrogen and oxygen atoms in total. The summed E-state index contributed by atoms with van der Waals surface area (Å²) in [7, 11) is 0. The lowest BCUT2D eigenvalue weighted by Crippen LogP contribution is -2.28. The van der Waals surface area contributed by atoms with Crippen LogP contribution in [-0.2, 0) is 17.8 Å². The third kappa shape index (κ3) is 3.90. The van der Waals surface area contributed by atoms with Crippen molar-refractivity contribution in [3.63, 3.8) is 0 Å². The SMILES string of the molecule is O=C(NCCNc1ccc([N+](=O)[O-])cc1)c1cc2c(s1)CCOC2. The summed E-state index contributed by atoms with van der Waals surface area (Å²) in [5, 5.41) is 16.6. The lowest BCUT2D eigenvalue weighted by atomic mass is 10.2. The maximum atomic E-state index is 12.1. The quantitative estimate of drug-likeness (QED) is 0.476. The van der Waals surface area contributed by atoms with E-state index in [-0.39, 0.29) is 11.6 Å². The number of nitro benzene ring substituents is 1. The minimum absolute atomic E-state index is 0.0551. The molecule has 1 aromatic carbocycles. The third-order valence-electron chi connectivity index (χ3n) is 3.67. The number of carbonyl (C=O) groups is 1. The van der Waals surface area contributed by atoms with Gasteiger partial charge in [-0.15, -0.1) is 11.3 Å². The number of thiophene rings is 1. The highest BCUT2D eigenvalue weighted by Gasteiger charge is 2.17. The number of benzene rings is 1. The molecule has 1 aliphatic rings. The number of hydrogen-bond acceptors (Lipinski definition) is 6. The Hall–Kier alpha value is -2.45.